The second kappa shape index (κ2) is 17.8. The zero-order valence-corrected chi connectivity index (χ0v) is 31.7. The minimum atomic E-state index is -1.21. The lowest BCUT2D eigenvalue weighted by atomic mass is 10.2. The van der Waals surface area contributed by atoms with Crippen molar-refractivity contribution in [2.45, 2.75) is 105 Å². The summed E-state index contributed by atoms with van der Waals surface area (Å²) in [6, 6.07) is 6.90. The van der Waals surface area contributed by atoms with Crippen molar-refractivity contribution in [1.82, 2.24) is 15.3 Å². The van der Waals surface area contributed by atoms with E-state index in [9.17, 15) is 14.4 Å². The van der Waals surface area contributed by atoms with Gasteiger partial charge in [0.25, 0.3) is 6.10 Å². The van der Waals surface area contributed by atoms with Gasteiger partial charge in [0.15, 0.2) is 17.5 Å². The molecule has 2 amide bonds. The highest BCUT2D eigenvalue weighted by atomic mass is 32.1. The fourth-order valence-corrected chi connectivity index (χ4v) is 4.56. The second-order valence-corrected chi connectivity index (χ2v) is 15.1. The van der Waals surface area contributed by atoms with E-state index >= 15 is 0 Å². The van der Waals surface area contributed by atoms with Crippen LogP contribution in [0.4, 0.5) is 14.7 Å². The second-order valence-electron chi connectivity index (χ2n) is 14.3. The van der Waals surface area contributed by atoms with Gasteiger partial charge in [-0.1, -0.05) is 5.16 Å². The number of esters is 1. The number of thiazole rings is 1. The minimum absolute atomic E-state index is 0.220. The molecule has 0 aromatic carbocycles. The number of carbonyl (C=O) groups is 3. The van der Waals surface area contributed by atoms with E-state index in [0.29, 0.717) is 47.0 Å². The predicted molar refractivity (Wildman–Crippen MR) is 190 cm³/mol. The molecule has 3 rings (SSSR count). The van der Waals surface area contributed by atoms with Crippen LogP contribution in [0.15, 0.2) is 53.4 Å². The maximum absolute atomic E-state index is 13.0. The van der Waals surface area contributed by atoms with Gasteiger partial charge in [0, 0.05) is 36.5 Å². The van der Waals surface area contributed by atoms with E-state index in [0.717, 1.165) is 6.42 Å². The van der Waals surface area contributed by atoms with Gasteiger partial charge in [-0.3, -0.25) is 5.32 Å². The molecule has 51 heavy (non-hydrogen) atoms. The predicted octanol–water partition coefficient (Wildman–Crippen LogP) is 6.41. The third-order valence-corrected chi connectivity index (χ3v) is 6.68. The number of hydrogen-bond donors (Lipinski definition) is 2. The zero-order chi connectivity index (χ0) is 37.8. The number of amides is 2. The monoisotopic (exact) mass is 729 g/mol. The molecule has 0 radical (unpaired) electrons. The molecular formula is C35H49N6O9S+. The third-order valence-electron chi connectivity index (χ3n) is 5.92. The molecule has 15 nitrogen and oxygen atoms in total. The first-order chi connectivity index (χ1) is 23.7. The topological polar surface area (TPSA) is 173 Å². The number of alkyl carbamates (subject to hydrolysis) is 1. The van der Waals surface area contributed by atoms with E-state index < -0.39 is 41.1 Å². The highest BCUT2D eigenvalue weighted by Gasteiger charge is 2.28. The van der Waals surface area contributed by atoms with Crippen molar-refractivity contribution in [2.75, 3.05) is 18.5 Å². The van der Waals surface area contributed by atoms with Crippen LogP contribution < -0.4 is 24.7 Å². The number of nitrogens with zero attached hydrogens (tertiary/aromatic N) is 4. The maximum atomic E-state index is 13.0. The van der Waals surface area contributed by atoms with Crippen molar-refractivity contribution >= 4 is 40.3 Å². The molecule has 2 N–H and O–H groups in total. The third kappa shape index (κ3) is 16.1. The average molecular weight is 730 g/mol. The number of aryl methyl sites for hydroxylation is 1. The van der Waals surface area contributed by atoms with E-state index in [2.05, 4.69) is 25.8 Å². The average Bonchev–Trinajstić information content (AvgIpc) is 3.46. The molecule has 0 aliphatic carbocycles. The molecule has 16 heteroatoms. The number of anilines is 1. The molecule has 1 unspecified atom stereocenters. The van der Waals surface area contributed by atoms with Crippen LogP contribution in [0.25, 0.3) is 0 Å². The van der Waals surface area contributed by atoms with Crippen LogP contribution in [0.1, 0.15) is 81.4 Å². The molecule has 3 aromatic rings. The zero-order valence-electron chi connectivity index (χ0n) is 30.9. The van der Waals surface area contributed by atoms with Crippen molar-refractivity contribution in [3.05, 3.63) is 53.9 Å². The summed E-state index contributed by atoms with van der Waals surface area (Å²) < 4.78 is 29.6. The Morgan fingerprint density at radius 3 is 2.14 bits per heavy atom. The Morgan fingerprint density at radius 2 is 1.53 bits per heavy atom. The molecule has 0 saturated heterocycles. The molecule has 0 bridgehead atoms. The van der Waals surface area contributed by atoms with Gasteiger partial charge in [0.1, 0.15) is 52.9 Å². The van der Waals surface area contributed by atoms with Crippen LogP contribution in [0.2, 0.25) is 0 Å². The summed E-state index contributed by atoms with van der Waals surface area (Å²) in [6.45, 7) is 18.6. The lowest BCUT2D eigenvalue weighted by Gasteiger charge is -2.23. The van der Waals surface area contributed by atoms with Gasteiger partial charge in [0.2, 0.25) is 5.88 Å². The minimum Gasteiger partial charge on any atom is -0.487 e. The van der Waals surface area contributed by atoms with Crippen molar-refractivity contribution in [3.8, 4) is 17.4 Å². The molecule has 3 heterocycles. The molecule has 0 aliphatic heterocycles. The SMILES string of the molecule is C/C(=N\OC(COc1ccc(Oc2cc[n+](CCCNC(=O)OC(C)(C)C)cc2)nc1)C(=O)OC(C)(C)C)c1csc(NC(=O)OC(C)(C)C)n1. The fourth-order valence-electron chi connectivity index (χ4n) is 3.82. The number of oxime groups is 1. The van der Waals surface area contributed by atoms with E-state index in [1.54, 1.807) is 66.0 Å². The summed E-state index contributed by atoms with van der Waals surface area (Å²) in [4.78, 5) is 51.0. The van der Waals surface area contributed by atoms with Gasteiger partial charge in [-0.25, -0.2) is 28.9 Å². The Bertz CT molecular complexity index is 1620. The van der Waals surface area contributed by atoms with E-state index in [1.165, 1.54) is 17.5 Å². The standard InChI is InChI=1S/C35H48N6O9S/c1-23(26-22-51-30(38-26)39-32(44)49-35(8,9)10)40-50-27(29(42)47-33(2,3)4)21-45-25-12-13-28(37-20-25)46-24-14-18-41(19-15-24)17-11-16-36-31(43)48-34(5,6)7/h12-15,18-20,22,27H,11,16-17,21H2,1-10H3,(H-,36,38,39,43,44)/p+1/b40-23+. The van der Waals surface area contributed by atoms with Gasteiger partial charge in [0.05, 0.1) is 6.20 Å². The summed E-state index contributed by atoms with van der Waals surface area (Å²) in [5.41, 5.74) is -1.16. The summed E-state index contributed by atoms with van der Waals surface area (Å²) >= 11 is 1.19. The molecule has 0 spiro atoms. The normalized spacial score (nSPS) is 12.7. The van der Waals surface area contributed by atoms with Crippen molar-refractivity contribution in [1.29, 1.82) is 0 Å². The summed E-state index contributed by atoms with van der Waals surface area (Å²) in [5.74, 6) is 0.617. The first-order valence-corrected chi connectivity index (χ1v) is 17.2. The number of hydrogen-bond acceptors (Lipinski definition) is 13. The van der Waals surface area contributed by atoms with Crippen molar-refractivity contribution in [2.24, 2.45) is 5.16 Å². The Morgan fingerprint density at radius 1 is 0.882 bits per heavy atom. The molecule has 3 aromatic heterocycles. The number of aromatic nitrogens is 3. The first-order valence-electron chi connectivity index (χ1n) is 16.4. The lowest BCUT2D eigenvalue weighted by molar-refractivity contribution is -0.697. The molecular weight excluding hydrogens is 680 g/mol. The quantitative estimate of drug-likeness (QED) is 0.0469. The largest absolute Gasteiger partial charge is 0.487 e. The first kappa shape index (κ1) is 40.4. The summed E-state index contributed by atoms with van der Waals surface area (Å²) in [6.07, 6.45) is 3.65. The van der Waals surface area contributed by atoms with Gasteiger partial charge < -0.3 is 33.8 Å². The number of rotatable bonds is 14. The smallest absolute Gasteiger partial charge is 0.413 e. The van der Waals surface area contributed by atoms with Crippen LogP contribution in [-0.4, -0.2) is 69.9 Å². The molecule has 0 fully saturated rings. The Kier molecular flexibility index (Phi) is 14.1. The van der Waals surface area contributed by atoms with Gasteiger partial charge >= 0.3 is 18.2 Å². The van der Waals surface area contributed by atoms with Gasteiger partial charge in [-0.15, -0.1) is 11.3 Å². The van der Waals surface area contributed by atoms with Gasteiger partial charge in [-0.2, -0.15) is 0 Å². The van der Waals surface area contributed by atoms with E-state index in [4.69, 9.17) is 28.5 Å². The van der Waals surface area contributed by atoms with Crippen LogP contribution in [0.5, 0.6) is 17.4 Å². The fraction of sp³-hybridized carbons (Fsp3) is 0.514. The van der Waals surface area contributed by atoms with Crippen LogP contribution in [-0.2, 0) is 30.4 Å². The molecule has 278 valence electrons. The van der Waals surface area contributed by atoms with Gasteiger partial charge in [-0.05, 0) is 75.3 Å². The lowest BCUT2D eigenvalue weighted by Crippen LogP contribution is -2.37. The molecule has 0 aliphatic rings. The highest BCUT2D eigenvalue weighted by molar-refractivity contribution is 7.14. The molecule has 0 saturated carbocycles. The molecule has 1 atom stereocenters. The van der Waals surface area contributed by atoms with Crippen molar-refractivity contribution < 1.29 is 47.5 Å². The number of nitrogens with one attached hydrogen (secondary N) is 2. The van der Waals surface area contributed by atoms with Crippen LogP contribution in [0, 0.1) is 0 Å². The number of carbonyl (C=O) groups excluding carboxylic acids is 3. The van der Waals surface area contributed by atoms with Crippen LogP contribution in [0.3, 0.4) is 0 Å². The van der Waals surface area contributed by atoms with Crippen LogP contribution >= 0.6 is 11.3 Å². The Hall–Kier alpha value is -4.99. The highest BCUT2D eigenvalue weighted by Crippen LogP contribution is 2.22. The summed E-state index contributed by atoms with van der Waals surface area (Å²) in [5, 5.41) is 11.4. The maximum Gasteiger partial charge on any atom is 0.413 e. The van der Waals surface area contributed by atoms with E-state index in [1.807, 2.05) is 49.9 Å². The van der Waals surface area contributed by atoms with E-state index in [-0.39, 0.29) is 6.61 Å². The van der Waals surface area contributed by atoms with Crippen molar-refractivity contribution in [3.63, 3.8) is 0 Å². The number of ether oxygens (including phenoxy) is 5. The summed E-state index contributed by atoms with van der Waals surface area (Å²) in [7, 11) is 0. The number of pyridine rings is 2. The Labute approximate surface area is 302 Å². The Balaban J connectivity index is 1.53.